The quantitative estimate of drug-likeness (QED) is 0.441. The van der Waals surface area contributed by atoms with Crippen LogP contribution in [0.3, 0.4) is 0 Å². The summed E-state index contributed by atoms with van der Waals surface area (Å²) in [5.74, 6) is 1.47. The van der Waals surface area contributed by atoms with Crippen molar-refractivity contribution in [1.82, 2.24) is 0 Å². The lowest BCUT2D eigenvalue weighted by Gasteiger charge is -2.06. The first-order valence-corrected chi connectivity index (χ1v) is 7.47. The second-order valence-corrected chi connectivity index (χ2v) is 5.01. The van der Waals surface area contributed by atoms with E-state index in [1.54, 1.807) is 13.0 Å². The monoisotopic (exact) mass is 316 g/mol. The third-order valence-corrected chi connectivity index (χ3v) is 3.03. The molecule has 2 aromatic carbocycles. The Morgan fingerprint density at radius 1 is 1.05 bits per heavy atom. The van der Waals surface area contributed by atoms with E-state index >= 15 is 0 Å². The van der Waals surface area contributed by atoms with E-state index in [4.69, 9.17) is 21.1 Å². The van der Waals surface area contributed by atoms with E-state index in [9.17, 15) is 4.79 Å². The highest BCUT2D eigenvalue weighted by molar-refractivity contribution is 6.18. The number of benzene rings is 2. The number of alkyl halides is 1. The van der Waals surface area contributed by atoms with Crippen molar-refractivity contribution in [3.63, 3.8) is 0 Å². The summed E-state index contributed by atoms with van der Waals surface area (Å²) in [4.78, 5) is 11.6. The molecule has 2 aromatic rings. The highest BCUT2D eigenvalue weighted by Crippen LogP contribution is 2.21. The van der Waals surface area contributed by atoms with Gasteiger partial charge in [-0.3, -0.25) is 0 Å². The minimum Gasteiger partial charge on any atom is -0.461 e. The van der Waals surface area contributed by atoms with Crippen LogP contribution in [0.4, 0.5) is 0 Å². The molecule has 0 radical (unpaired) electrons. The van der Waals surface area contributed by atoms with Gasteiger partial charge in [-0.25, -0.2) is 4.79 Å². The van der Waals surface area contributed by atoms with Gasteiger partial charge in [0.15, 0.2) is 0 Å². The van der Waals surface area contributed by atoms with Gasteiger partial charge < -0.3 is 9.47 Å². The fourth-order valence-corrected chi connectivity index (χ4v) is 1.89. The molecule has 22 heavy (non-hydrogen) atoms. The molecule has 0 aliphatic heterocycles. The van der Waals surface area contributed by atoms with Crippen LogP contribution >= 0.6 is 11.6 Å². The van der Waals surface area contributed by atoms with Crippen LogP contribution in [0, 0.1) is 0 Å². The summed E-state index contributed by atoms with van der Waals surface area (Å²) >= 11 is 5.48. The van der Waals surface area contributed by atoms with E-state index in [1.165, 1.54) is 0 Å². The molecule has 3 nitrogen and oxygen atoms in total. The molecule has 0 atom stereocenters. The number of hydrogen-bond donors (Lipinski definition) is 0. The van der Waals surface area contributed by atoms with Crippen LogP contribution in [-0.2, 0) is 9.53 Å². The molecule has 0 saturated heterocycles. The number of ether oxygens (including phenoxy) is 2. The first-order chi connectivity index (χ1) is 10.7. The Hall–Kier alpha value is -2.26. The van der Waals surface area contributed by atoms with Crippen molar-refractivity contribution in [3.8, 4) is 11.5 Å². The Kier molecular flexibility index (Phi) is 6.04. The van der Waals surface area contributed by atoms with Crippen LogP contribution in [0.15, 0.2) is 60.2 Å². The molecule has 0 saturated carbocycles. The zero-order valence-corrected chi connectivity index (χ0v) is 13.0. The van der Waals surface area contributed by atoms with Gasteiger partial charge >= 0.3 is 5.97 Å². The molecule has 0 bridgehead atoms. The van der Waals surface area contributed by atoms with Crippen molar-refractivity contribution in [2.75, 3.05) is 12.5 Å². The van der Waals surface area contributed by atoms with Crippen LogP contribution in [0.25, 0.3) is 6.08 Å². The molecule has 0 aliphatic carbocycles. The van der Waals surface area contributed by atoms with Gasteiger partial charge in [-0.2, -0.15) is 0 Å². The van der Waals surface area contributed by atoms with Crippen LogP contribution < -0.4 is 4.74 Å². The van der Waals surface area contributed by atoms with Crippen molar-refractivity contribution in [1.29, 1.82) is 0 Å². The molecule has 0 heterocycles. The summed E-state index contributed by atoms with van der Waals surface area (Å²) < 4.78 is 10.7. The number of hydrogen-bond acceptors (Lipinski definition) is 3. The predicted molar refractivity (Wildman–Crippen MR) is 88.3 cm³/mol. The van der Waals surface area contributed by atoms with Crippen molar-refractivity contribution < 1.29 is 14.3 Å². The summed E-state index contributed by atoms with van der Waals surface area (Å²) in [6.45, 7) is 1.93. The standard InChI is InChI=1S/C18H17ClO3/c1-14(18(20)21-12-11-19)13-15-7-9-17(10-8-15)22-16-5-3-2-4-6-16/h2-10,13H,11-12H2,1H3/b14-13+. The van der Waals surface area contributed by atoms with E-state index in [0.717, 1.165) is 17.1 Å². The maximum absolute atomic E-state index is 11.6. The second kappa shape index (κ2) is 8.25. The molecule has 4 heteroatoms. The fourth-order valence-electron chi connectivity index (χ4n) is 1.81. The third kappa shape index (κ3) is 4.93. The van der Waals surface area contributed by atoms with Gasteiger partial charge in [-0.15, -0.1) is 11.6 Å². The minimum atomic E-state index is -0.356. The minimum absolute atomic E-state index is 0.218. The summed E-state index contributed by atoms with van der Waals surface area (Å²) in [6, 6.07) is 17.0. The maximum Gasteiger partial charge on any atom is 0.333 e. The van der Waals surface area contributed by atoms with Crippen LogP contribution in [0.5, 0.6) is 11.5 Å². The van der Waals surface area contributed by atoms with E-state index in [-0.39, 0.29) is 12.6 Å². The van der Waals surface area contributed by atoms with Crippen LogP contribution in [0.2, 0.25) is 0 Å². The molecule has 0 N–H and O–H groups in total. The summed E-state index contributed by atoms with van der Waals surface area (Å²) in [6.07, 6.45) is 1.77. The fraction of sp³-hybridized carbons (Fsp3) is 0.167. The van der Waals surface area contributed by atoms with E-state index < -0.39 is 0 Å². The topological polar surface area (TPSA) is 35.5 Å². The number of para-hydroxylation sites is 1. The van der Waals surface area contributed by atoms with Gasteiger partial charge in [-0.1, -0.05) is 30.3 Å². The van der Waals surface area contributed by atoms with Gasteiger partial charge in [0, 0.05) is 5.57 Å². The Balaban J connectivity index is 2.01. The Morgan fingerprint density at radius 2 is 1.68 bits per heavy atom. The molecule has 0 aliphatic rings. The predicted octanol–water partition coefficient (Wildman–Crippen LogP) is 4.66. The Labute approximate surface area is 135 Å². The maximum atomic E-state index is 11.6. The zero-order valence-electron chi connectivity index (χ0n) is 12.3. The molecule has 2 rings (SSSR count). The highest BCUT2D eigenvalue weighted by atomic mass is 35.5. The molecule has 0 unspecified atom stereocenters. The third-order valence-electron chi connectivity index (χ3n) is 2.87. The summed E-state index contributed by atoms with van der Waals surface area (Å²) in [5.41, 5.74) is 1.43. The number of rotatable bonds is 6. The smallest absolute Gasteiger partial charge is 0.333 e. The lowest BCUT2D eigenvalue weighted by atomic mass is 10.1. The van der Waals surface area contributed by atoms with Gasteiger partial charge in [0.25, 0.3) is 0 Å². The van der Waals surface area contributed by atoms with Gasteiger partial charge in [-0.05, 0) is 42.8 Å². The molecule has 0 amide bonds. The number of carbonyl (C=O) groups is 1. The van der Waals surface area contributed by atoms with Crippen LogP contribution in [0.1, 0.15) is 12.5 Å². The first kappa shape index (κ1) is 16.1. The molecule has 114 valence electrons. The largest absolute Gasteiger partial charge is 0.461 e. The van der Waals surface area contributed by atoms with E-state index in [2.05, 4.69) is 0 Å². The van der Waals surface area contributed by atoms with Crippen LogP contribution in [-0.4, -0.2) is 18.5 Å². The van der Waals surface area contributed by atoms with Crippen molar-refractivity contribution >= 4 is 23.6 Å². The Morgan fingerprint density at radius 3 is 2.32 bits per heavy atom. The molecule has 0 fully saturated rings. The Bertz CT molecular complexity index is 633. The number of esters is 1. The van der Waals surface area contributed by atoms with Gasteiger partial charge in [0.1, 0.15) is 18.1 Å². The number of carbonyl (C=O) groups excluding carboxylic acids is 1. The van der Waals surface area contributed by atoms with E-state index in [1.807, 2.05) is 54.6 Å². The SMILES string of the molecule is C/C(=C\c1ccc(Oc2ccccc2)cc1)C(=O)OCCCl. The highest BCUT2D eigenvalue weighted by Gasteiger charge is 2.05. The summed E-state index contributed by atoms with van der Waals surface area (Å²) in [5, 5.41) is 0. The normalized spacial score (nSPS) is 11.1. The second-order valence-electron chi connectivity index (χ2n) is 4.64. The van der Waals surface area contributed by atoms with Crippen molar-refractivity contribution in [2.45, 2.75) is 6.92 Å². The van der Waals surface area contributed by atoms with Gasteiger partial charge in [0.05, 0.1) is 5.88 Å². The lowest BCUT2D eigenvalue weighted by molar-refractivity contribution is -0.138. The zero-order chi connectivity index (χ0) is 15.8. The molecular weight excluding hydrogens is 300 g/mol. The number of halogens is 1. The molecule has 0 spiro atoms. The van der Waals surface area contributed by atoms with Crippen molar-refractivity contribution in [2.24, 2.45) is 0 Å². The van der Waals surface area contributed by atoms with Gasteiger partial charge in [0.2, 0.25) is 0 Å². The van der Waals surface area contributed by atoms with Crippen molar-refractivity contribution in [3.05, 3.63) is 65.7 Å². The first-order valence-electron chi connectivity index (χ1n) is 6.93. The molecular formula is C18H17ClO3. The molecule has 0 aromatic heterocycles. The van der Waals surface area contributed by atoms with E-state index in [0.29, 0.717) is 11.5 Å². The average Bonchev–Trinajstić information content (AvgIpc) is 2.55. The lowest BCUT2D eigenvalue weighted by Crippen LogP contribution is -2.07. The average molecular weight is 317 g/mol. The summed E-state index contributed by atoms with van der Waals surface area (Å²) in [7, 11) is 0.